The molecule has 11 nitrogen and oxygen atoms in total. The van der Waals surface area contributed by atoms with E-state index >= 15 is 0 Å². The Morgan fingerprint density at radius 2 is 1.68 bits per heavy atom. The summed E-state index contributed by atoms with van der Waals surface area (Å²) in [6.07, 6.45) is 4.35. The van der Waals surface area contributed by atoms with Gasteiger partial charge < -0.3 is 28.7 Å². The predicted molar refractivity (Wildman–Crippen MR) is 183 cm³/mol. The Morgan fingerprint density at radius 3 is 2.36 bits per heavy atom. The molecule has 5 heterocycles. The van der Waals surface area contributed by atoms with Crippen molar-refractivity contribution < 1.29 is 18.8 Å². The molecule has 2 aliphatic rings. The van der Waals surface area contributed by atoms with Crippen LogP contribution in [0.3, 0.4) is 0 Å². The second-order valence-corrected chi connectivity index (χ2v) is 14.7. The highest BCUT2D eigenvalue weighted by molar-refractivity contribution is 5.86. The van der Waals surface area contributed by atoms with Crippen molar-refractivity contribution >= 4 is 28.6 Å². The van der Waals surface area contributed by atoms with Crippen LogP contribution in [-0.4, -0.2) is 82.1 Å². The lowest BCUT2D eigenvalue weighted by Crippen LogP contribution is -2.50. The standard InChI is InChI=1S/C36H47N7O4/c1-35(2,3)43(34(44)46-36(4,5)6)23-24-15-18-42(22-24)29-13-12-27(21-37-29)32-39-33(47-40-32)26-16-19-41(20-17-26)30-14-11-25-9-8-10-28(45-7)31(25)38-30/h8-14,21,24,26H,15-20,22-23H2,1-7H3. The summed E-state index contributed by atoms with van der Waals surface area (Å²) >= 11 is 0. The number of piperidine rings is 1. The molecule has 1 aromatic carbocycles. The predicted octanol–water partition coefficient (Wildman–Crippen LogP) is 6.93. The van der Waals surface area contributed by atoms with E-state index in [-0.39, 0.29) is 17.6 Å². The molecule has 11 heteroatoms. The van der Waals surface area contributed by atoms with Crippen LogP contribution in [0.25, 0.3) is 22.3 Å². The van der Waals surface area contributed by atoms with E-state index in [2.05, 4.69) is 53.9 Å². The fourth-order valence-corrected chi connectivity index (χ4v) is 6.42. The van der Waals surface area contributed by atoms with Gasteiger partial charge in [0.05, 0.1) is 7.11 Å². The third-order valence-corrected chi connectivity index (χ3v) is 8.98. The van der Waals surface area contributed by atoms with Crippen molar-refractivity contribution in [2.75, 3.05) is 49.6 Å². The summed E-state index contributed by atoms with van der Waals surface area (Å²) in [5.74, 6) is 4.41. The number of aromatic nitrogens is 4. The topological polar surface area (TPSA) is 110 Å². The highest BCUT2D eigenvalue weighted by Crippen LogP contribution is 2.33. The Balaban J connectivity index is 1.04. The molecule has 3 aromatic heterocycles. The molecule has 4 aromatic rings. The van der Waals surface area contributed by atoms with Gasteiger partial charge in [-0.05, 0) is 97.1 Å². The van der Waals surface area contributed by atoms with E-state index in [1.54, 1.807) is 7.11 Å². The van der Waals surface area contributed by atoms with Crippen molar-refractivity contribution in [3.8, 4) is 17.1 Å². The fourth-order valence-electron chi connectivity index (χ4n) is 6.42. The van der Waals surface area contributed by atoms with E-state index < -0.39 is 5.60 Å². The van der Waals surface area contributed by atoms with E-state index in [9.17, 15) is 4.79 Å². The number of fused-ring (bicyclic) bond motifs is 1. The van der Waals surface area contributed by atoms with Gasteiger partial charge in [0.25, 0.3) is 0 Å². The van der Waals surface area contributed by atoms with E-state index in [1.807, 2.05) is 56.1 Å². The first kappa shape index (κ1) is 32.5. The summed E-state index contributed by atoms with van der Waals surface area (Å²) in [5.41, 5.74) is 0.844. The number of carbonyl (C=O) groups excluding carboxylic acids is 1. The summed E-state index contributed by atoms with van der Waals surface area (Å²) in [4.78, 5) is 33.9. The number of hydrogen-bond donors (Lipinski definition) is 0. The van der Waals surface area contributed by atoms with Gasteiger partial charge >= 0.3 is 6.09 Å². The molecular weight excluding hydrogens is 594 g/mol. The molecule has 1 amide bonds. The minimum absolute atomic E-state index is 0.199. The number of rotatable bonds is 7. The Hall–Kier alpha value is -4.41. The Morgan fingerprint density at radius 1 is 0.936 bits per heavy atom. The number of nitrogens with zero attached hydrogens (tertiary/aromatic N) is 7. The Bertz CT molecular complexity index is 1680. The van der Waals surface area contributed by atoms with Gasteiger partial charge in [-0.15, -0.1) is 0 Å². The molecule has 0 saturated carbocycles. The van der Waals surface area contributed by atoms with Crippen molar-refractivity contribution in [1.82, 2.24) is 25.0 Å². The van der Waals surface area contributed by atoms with Gasteiger partial charge in [-0.2, -0.15) is 4.98 Å². The quantitative estimate of drug-likeness (QED) is 0.211. The first-order chi connectivity index (χ1) is 22.4. The molecule has 0 N–H and O–H groups in total. The van der Waals surface area contributed by atoms with Gasteiger partial charge in [-0.1, -0.05) is 17.3 Å². The molecule has 1 unspecified atom stereocenters. The monoisotopic (exact) mass is 641 g/mol. The highest BCUT2D eigenvalue weighted by Gasteiger charge is 2.35. The number of benzene rings is 1. The maximum absolute atomic E-state index is 13.0. The molecular formula is C36H47N7O4. The van der Waals surface area contributed by atoms with Crippen molar-refractivity contribution in [3.05, 3.63) is 54.6 Å². The number of para-hydroxylation sites is 1. The van der Waals surface area contributed by atoms with Crippen LogP contribution in [0.4, 0.5) is 16.4 Å². The lowest BCUT2D eigenvalue weighted by molar-refractivity contribution is 0.00262. The number of ether oxygens (including phenoxy) is 2. The van der Waals surface area contributed by atoms with Gasteiger partial charge in [-0.3, -0.25) is 0 Å². The van der Waals surface area contributed by atoms with Crippen molar-refractivity contribution in [1.29, 1.82) is 0 Å². The molecule has 2 aliphatic heterocycles. The molecule has 2 fully saturated rings. The first-order valence-corrected chi connectivity index (χ1v) is 16.6. The van der Waals surface area contributed by atoms with Crippen LogP contribution in [-0.2, 0) is 4.74 Å². The number of anilines is 2. The van der Waals surface area contributed by atoms with Crippen molar-refractivity contribution in [2.45, 2.75) is 77.9 Å². The molecule has 0 radical (unpaired) electrons. The van der Waals surface area contributed by atoms with Crippen LogP contribution in [0.1, 0.15) is 72.6 Å². The van der Waals surface area contributed by atoms with Gasteiger partial charge in [0.2, 0.25) is 11.7 Å². The van der Waals surface area contributed by atoms with Gasteiger partial charge in [0, 0.05) is 61.3 Å². The molecule has 250 valence electrons. The fraction of sp³-hybridized carbons (Fsp3) is 0.528. The van der Waals surface area contributed by atoms with Crippen molar-refractivity contribution in [3.63, 3.8) is 0 Å². The van der Waals surface area contributed by atoms with Crippen molar-refractivity contribution in [2.24, 2.45) is 5.92 Å². The van der Waals surface area contributed by atoms with Crippen LogP contribution < -0.4 is 14.5 Å². The SMILES string of the molecule is COc1cccc2ccc(N3CCC(c4nc(-c5ccc(N6CCC(CN(C(=O)OC(C)(C)C)C(C)(C)C)C6)nc5)no4)CC3)nc12. The number of hydrogen-bond acceptors (Lipinski definition) is 10. The molecule has 0 bridgehead atoms. The van der Waals surface area contributed by atoms with Gasteiger partial charge in [-0.25, -0.2) is 14.8 Å². The Kier molecular flexibility index (Phi) is 9.00. The summed E-state index contributed by atoms with van der Waals surface area (Å²) in [7, 11) is 1.68. The van der Waals surface area contributed by atoms with E-state index in [1.165, 1.54) is 0 Å². The van der Waals surface area contributed by atoms with E-state index in [0.29, 0.717) is 24.2 Å². The normalized spacial score (nSPS) is 17.7. The third-order valence-electron chi connectivity index (χ3n) is 8.98. The second-order valence-electron chi connectivity index (χ2n) is 14.7. The average Bonchev–Trinajstić information content (AvgIpc) is 3.73. The largest absolute Gasteiger partial charge is 0.494 e. The molecule has 1 atom stereocenters. The summed E-state index contributed by atoms with van der Waals surface area (Å²) in [6, 6.07) is 14.2. The zero-order valence-electron chi connectivity index (χ0n) is 28.7. The lowest BCUT2D eigenvalue weighted by atomic mass is 9.96. The summed E-state index contributed by atoms with van der Waals surface area (Å²) < 4.78 is 17.0. The number of amides is 1. The molecule has 6 rings (SSSR count). The second kappa shape index (κ2) is 13.0. The first-order valence-electron chi connectivity index (χ1n) is 16.6. The van der Waals surface area contributed by atoms with Crippen LogP contribution in [0, 0.1) is 5.92 Å². The van der Waals surface area contributed by atoms with Gasteiger partial charge in [0.1, 0.15) is 28.5 Å². The smallest absolute Gasteiger partial charge is 0.410 e. The van der Waals surface area contributed by atoms with Crippen LogP contribution >= 0.6 is 0 Å². The summed E-state index contributed by atoms with van der Waals surface area (Å²) in [6.45, 7) is 15.9. The number of pyridine rings is 2. The average molecular weight is 642 g/mol. The van der Waals surface area contributed by atoms with Crippen LogP contribution in [0.15, 0.2) is 53.2 Å². The molecule has 0 aliphatic carbocycles. The molecule has 47 heavy (non-hydrogen) atoms. The summed E-state index contributed by atoms with van der Waals surface area (Å²) in [5, 5.41) is 5.37. The number of carbonyl (C=O) groups is 1. The lowest BCUT2D eigenvalue weighted by Gasteiger charge is -2.38. The van der Waals surface area contributed by atoms with Crippen LogP contribution in [0.5, 0.6) is 5.75 Å². The minimum atomic E-state index is -0.531. The maximum atomic E-state index is 13.0. The van der Waals surface area contributed by atoms with E-state index in [4.69, 9.17) is 28.9 Å². The minimum Gasteiger partial charge on any atom is -0.494 e. The third kappa shape index (κ3) is 7.44. The number of methoxy groups -OCH3 is 1. The highest BCUT2D eigenvalue weighted by atomic mass is 16.6. The Labute approximate surface area is 277 Å². The maximum Gasteiger partial charge on any atom is 0.410 e. The van der Waals surface area contributed by atoms with Gasteiger partial charge in [0.15, 0.2) is 0 Å². The van der Waals surface area contributed by atoms with Crippen LogP contribution in [0.2, 0.25) is 0 Å². The molecule has 0 spiro atoms. The molecule has 2 saturated heterocycles. The zero-order chi connectivity index (χ0) is 33.3. The zero-order valence-corrected chi connectivity index (χ0v) is 28.7. The van der Waals surface area contributed by atoms with E-state index in [0.717, 1.165) is 79.3 Å².